The van der Waals surface area contributed by atoms with Gasteiger partial charge in [0.15, 0.2) is 5.82 Å². The van der Waals surface area contributed by atoms with Crippen LogP contribution in [-0.4, -0.2) is 36.6 Å². The number of pyridine rings is 1. The van der Waals surface area contributed by atoms with Gasteiger partial charge in [-0.3, -0.25) is 9.69 Å². The Bertz CT molecular complexity index is 1500. The van der Waals surface area contributed by atoms with Gasteiger partial charge in [-0.1, -0.05) is 62.4 Å². The second kappa shape index (κ2) is 10.9. The molecule has 0 amide bonds. The number of aryl methyl sites for hydroxylation is 1. The van der Waals surface area contributed by atoms with Crippen LogP contribution in [0.5, 0.6) is 0 Å². The van der Waals surface area contributed by atoms with Crippen molar-refractivity contribution in [1.82, 2.24) is 30.1 Å². The summed E-state index contributed by atoms with van der Waals surface area (Å²) in [5.41, 5.74) is 3.84. The summed E-state index contributed by atoms with van der Waals surface area (Å²) in [6.45, 7) is 8.01. The van der Waals surface area contributed by atoms with E-state index >= 15 is 0 Å². The molecule has 37 heavy (non-hydrogen) atoms. The molecule has 0 fully saturated rings. The first-order chi connectivity index (χ1) is 18.0. The summed E-state index contributed by atoms with van der Waals surface area (Å²) in [7, 11) is 0. The normalized spacial score (nSPS) is 12.6. The smallest absolute Gasteiger partial charge is 0.252 e. The van der Waals surface area contributed by atoms with Gasteiger partial charge in [-0.15, -0.1) is 5.10 Å². The summed E-state index contributed by atoms with van der Waals surface area (Å²) in [4.78, 5) is 18.6. The first-order valence-corrected chi connectivity index (χ1v) is 12.7. The van der Waals surface area contributed by atoms with Crippen molar-refractivity contribution < 1.29 is 4.42 Å². The summed E-state index contributed by atoms with van der Waals surface area (Å²) in [6.07, 6.45) is 2.49. The standard InChI is InChI=1S/C29H32N6O2/c1-20(2)27(28-31-32-33-35(28)19-25-13-8-16-37-25)34(15-14-22-10-5-4-6-11-22)18-24-17-23-12-7-9-21(3)26(23)30-29(24)36/h4-13,16-17,20,27H,14-15,18-19H2,1-3H3,(H,30,36)/t27-/m0/s1. The van der Waals surface area contributed by atoms with Gasteiger partial charge in [0.1, 0.15) is 12.3 Å². The highest BCUT2D eigenvalue weighted by Crippen LogP contribution is 2.29. The third-order valence-corrected chi connectivity index (χ3v) is 6.80. The molecule has 8 heteroatoms. The van der Waals surface area contributed by atoms with Crippen LogP contribution in [0.2, 0.25) is 0 Å². The number of nitrogens with one attached hydrogen (secondary N) is 1. The fraction of sp³-hybridized carbons (Fsp3) is 0.310. The number of nitrogens with zero attached hydrogens (tertiary/aromatic N) is 5. The second-order valence-electron chi connectivity index (χ2n) is 9.83. The molecule has 0 unspecified atom stereocenters. The van der Waals surface area contributed by atoms with E-state index in [4.69, 9.17) is 4.42 Å². The molecule has 2 aromatic carbocycles. The van der Waals surface area contributed by atoms with Crippen molar-refractivity contribution >= 4 is 10.9 Å². The number of tetrazole rings is 1. The highest BCUT2D eigenvalue weighted by molar-refractivity contribution is 5.81. The number of aromatic nitrogens is 5. The van der Waals surface area contributed by atoms with Crippen LogP contribution in [0, 0.1) is 12.8 Å². The van der Waals surface area contributed by atoms with Gasteiger partial charge in [-0.25, -0.2) is 4.68 Å². The minimum absolute atomic E-state index is 0.0656. The minimum atomic E-state index is -0.110. The number of benzene rings is 2. The zero-order chi connectivity index (χ0) is 25.8. The Morgan fingerprint density at radius 2 is 1.89 bits per heavy atom. The molecule has 5 aromatic rings. The zero-order valence-corrected chi connectivity index (χ0v) is 21.5. The van der Waals surface area contributed by atoms with Crippen molar-refractivity contribution in [1.29, 1.82) is 0 Å². The van der Waals surface area contributed by atoms with E-state index in [0.717, 1.165) is 46.6 Å². The van der Waals surface area contributed by atoms with Gasteiger partial charge in [0, 0.05) is 18.7 Å². The summed E-state index contributed by atoms with van der Waals surface area (Å²) in [5, 5.41) is 13.8. The Balaban J connectivity index is 1.52. The number of hydrogen-bond acceptors (Lipinski definition) is 6. The Morgan fingerprint density at radius 1 is 1.05 bits per heavy atom. The topological polar surface area (TPSA) is 92.8 Å². The van der Waals surface area contributed by atoms with E-state index in [1.165, 1.54) is 5.56 Å². The molecule has 0 aliphatic rings. The summed E-state index contributed by atoms with van der Waals surface area (Å²) >= 11 is 0. The number of para-hydroxylation sites is 1. The van der Waals surface area contributed by atoms with Crippen LogP contribution in [0.25, 0.3) is 10.9 Å². The number of fused-ring (bicyclic) bond motifs is 1. The monoisotopic (exact) mass is 496 g/mol. The van der Waals surface area contributed by atoms with E-state index in [9.17, 15) is 4.79 Å². The molecule has 0 radical (unpaired) electrons. The molecule has 0 spiro atoms. The van der Waals surface area contributed by atoms with Crippen LogP contribution in [0.4, 0.5) is 0 Å². The molecule has 0 aliphatic heterocycles. The van der Waals surface area contributed by atoms with Gasteiger partial charge in [-0.2, -0.15) is 0 Å². The molecule has 190 valence electrons. The SMILES string of the molecule is Cc1cccc2cc(CN(CCc3ccccc3)[C@H](c3nnnn3Cc3ccco3)C(C)C)c(=O)[nH]c12. The van der Waals surface area contributed by atoms with Crippen molar-refractivity contribution in [2.45, 2.75) is 46.3 Å². The van der Waals surface area contributed by atoms with Crippen molar-refractivity contribution in [2.24, 2.45) is 5.92 Å². The average Bonchev–Trinajstić information content (AvgIpc) is 3.57. The van der Waals surface area contributed by atoms with Crippen LogP contribution < -0.4 is 5.56 Å². The molecule has 1 N–H and O–H groups in total. The quantitative estimate of drug-likeness (QED) is 0.295. The highest BCUT2D eigenvalue weighted by atomic mass is 16.3. The molecular formula is C29H32N6O2. The lowest BCUT2D eigenvalue weighted by Gasteiger charge is -2.33. The van der Waals surface area contributed by atoms with Gasteiger partial charge >= 0.3 is 0 Å². The molecule has 5 rings (SSSR count). The number of aromatic amines is 1. The van der Waals surface area contributed by atoms with Gasteiger partial charge in [0.25, 0.3) is 5.56 Å². The molecule has 3 aromatic heterocycles. The maximum Gasteiger partial charge on any atom is 0.252 e. The van der Waals surface area contributed by atoms with Gasteiger partial charge < -0.3 is 9.40 Å². The lowest BCUT2D eigenvalue weighted by molar-refractivity contribution is 0.135. The van der Waals surface area contributed by atoms with Crippen molar-refractivity contribution in [3.05, 3.63) is 112 Å². The number of H-pyrrole nitrogens is 1. The fourth-order valence-corrected chi connectivity index (χ4v) is 4.97. The molecule has 1 atom stereocenters. The fourth-order valence-electron chi connectivity index (χ4n) is 4.97. The molecule has 3 heterocycles. The van der Waals surface area contributed by atoms with E-state index in [-0.39, 0.29) is 17.5 Å². The van der Waals surface area contributed by atoms with E-state index in [0.29, 0.717) is 13.1 Å². The molecular weight excluding hydrogens is 464 g/mol. The highest BCUT2D eigenvalue weighted by Gasteiger charge is 2.30. The first-order valence-electron chi connectivity index (χ1n) is 12.7. The maximum atomic E-state index is 13.2. The maximum absolute atomic E-state index is 13.2. The van der Waals surface area contributed by atoms with Crippen LogP contribution in [0.3, 0.4) is 0 Å². The third-order valence-electron chi connectivity index (χ3n) is 6.80. The van der Waals surface area contributed by atoms with Crippen LogP contribution in [0.1, 0.15) is 48.2 Å². The molecule has 0 saturated heterocycles. The Kier molecular flexibility index (Phi) is 7.28. The van der Waals surface area contributed by atoms with E-state index < -0.39 is 0 Å². The molecule has 0 aliphatic carbocycles. The summed E-state index contributed by atoms with van der Waals surface area (Å²) < 4.78 is 7.35. The van der Waals surface area contributed by atoms with Crippen LogP contribution in [0.15, 0.2) is 82.2 Å². The first kappa shape index (κ1) is 24.6. The Hall–Kier alpha value is -4.04. The lowest BCUT2D eigenvalue weighted by Crippen LogP contribution is -2.37. The Morgan fingerprint density at radius 3 is 2.65 bits per heavy atom. The molecule has 0 bridgehead atoms. The van der Waals surface area contributed by atoms with Gasteiger partial charge in [-0.05, 0) is 64.4 Å². The van der Waals surface area contributed by atoms with Gasteiger partial charge in [0.2, 0.25) is 0 Å². The van der Waals surface area contributed by atoms with Gasteiger partial charge in [0.05, 0.1) is 17.8 Å². The van der Waals surface area contributed by atoms with Crippen LogP contribution >= 0.6 is 0 Å². The van der Waals surface area contributed by atoms with Crippen LogP contribution in [-0.2, 0) is 19.5 Å². The lowest BCUT2D eigenvalue weighted by atomic mass is 9.99. The average molecular weight is 497 g/mol. The number of hydrogen-bond donors (Lipinski definition) is 1. The van der Waals surface area contributed by atoms with Crippen molar-refractivity contribution in [3.63, 3.8) is 0 Å². The van der Waals surface area contributed by atoms with E-state index in [2.05, 4.69) is 63.5 Å². The predicted molar refractivity (Wildman–Crippen MR) is 143 cm³/mol. The van der Waals surface area contributed by atoms with Crippen molar-refractivity contribution in [2.75, 3.05) is 6.54 Å². The zero-order valence-electron chi connectivity index (χ0n) is 21.5. The predicted octanol–water partition coefficient (Wildman–Crippen LogP) is 4.91. The largest absolute Gasteiger partial charge is 0.467 e. The second-order valence-corrected chi connectivity index (χ2v) is 9.83. The number of rotatable bonds is 10. The molecule has 8 nitrogen and oxygen atoms in total. The van der Waals surface area contributed by atoms with Crippen molar-refractivity contribution in [3.8, 4) is 0 Å². The number of furan rings is 1. The van der Waals surface area contributed by atoms with E-state index in [1.54, 1.807) is 10.9 Å². The molecule has 0 saturated carbocycles. The Labute approximate surface area is 215 Å². The van der Waals surface area contributed by atoms with E-state index in [1.807, 2.05) is 49.4 Å². The third kappa shape index (κ3) is 5.54. The summed E-state index contributed by atoms with van der Waals surface area (Å²) in [5.74, 6) is 1.74. The summed E-state index contributed by atoms with van der Waals surface area (Å²) in [6, 6.07) is 22.2. The minimum Gasteiger partial charge on any atom is -0.467 e.